The van der Waals surface area contributed by atoms with Crippen LogP contribution in [-0.4, -0.2) is 42.4 Å². The fourth-order valence-electron chi connectivity index (χ4n) is 4.29. The molecule has 0 aromatic heterocycles. The predicted octanol–water partition coefficient (Wildman–Crippen LogP) is 5.69. The van der Waals surface area contributed by atoms with Crippen LogP contribution in [0.3, 0.4) is 0 Å². The molecule has 0 amide bonds. The molecule has 0 aliphatic rings. The smallest absolute Gasteiger partial charge is 0.187 e. The number of amidine groups is 1. The summed E-state index contributed by atoms with van der Waals surface area (Å²) >= 11 is 0. The quantitative estimate of drug-likeness (QED) is 0.123. The minimum Gasteiger partial charge on any atom is -0.489 e. The van der Waals surface area contributed by atoms with Crippen molar-refractivity contribution in [3.8, 4) is 22.6 Å². The minimum atomic E-state index is -0.105. The number of hydrogen-bond acceptors (Lipinski definition) is 5. The molecule has 4 rings (SSSR count). The van der Waals surface area contributed by atoms with Gasteiger partial charge in [0.15, 0.2) is 5.69 Å². The van der Waals surface area contributed by atoms with E-state index in [1.165, 1.54) is 5.56 Å². The molecule has 0 radical (unpaired) electrons. The highest BCUT2D eigenvalue weighted by Gasteiger charge is 2.14. The molecule has 0 saturated heterocycles. The van der Waals surface area contributed by atoms with Crippen LogP contribution in [0, 0.1) is 13.5 Å². The number of hydrogen-bond donors (Lipinski definition) is 3. The maximum absolute atomic E-state index is 9.35. The summed E-state index contributed by atoms with van der Waals surface area (Å²) in [5.41, 5.74) is 6.65. The number of aliphatic hydroxyl groups is 2. The topological polar surface area (TPSA) is 87.7 Å². The number of nitrogens with zero attached hydrogens (tertiary/aromatic N) is 2. The molecule has 3 N–H and O–H groups in total. The summed E-state index contributed by atoms with van der Waals surface area (Å²) in [6.07, 6.45) is 0. The van der Waals surface area contributed by atoms with Crippen LogP contribution < -0.4 is 14.8 Å². The summed E-state index contributed by atoms with van der Waals surface area (Å²) in [4.78, 5) is 7.95. The molecule has 0 heterocycles. The van der Waals surface area contributed by atoms with Crippen molar-refractivity contribution in [2.24, 2.45) is 4.99 Å². The van der Waals surface area contributed by atoms with Gasteiger partial charge in [-0.25, -0.2) is 4.85 Å². The van der Waals surface area contributed by atoms with E-state index in [0.717, 1.165) is 22.3 Å². The van der Waals surface area contributed by atoms with E-state index >= 15 is 0 Å². The van der Waals surface area contributed by atoms with E-state index in [4.69, 9.17) is 16.0 Å². The second-order valence-electron chi connectivity index (χ2n) is 9.08. The van der Waals surface area contributed by atoms with Gasteiger partial charge < -0.3 is 25.0 Å². The third kappa shape index (κ3) is 7.48. The van der Waals surface area contributed by atoms with Gasteiger partial charge in [-0.3, -0.25) is 4.99 Å². The number of aliphatic imine (C=N–C) groups is 1. The van der Waals surface area contributed by atoms with Gasteiger partial charge in [0.2, 0.25) is 0 Å². The molecular formula is C33H33N3O4. The zero-order chi connectivity index (χ0) is 28.2. The van der Waals surface area contributed by atoms with Gasteiger partial charge in [0.1, 0.15) is 30.5 Å². The molecule has 0 atom stereocenters. The highest BCUT2D eigenvalue weighted by Crippen LogP contribution is 2.29. The molecule has 7 heteroatoms. The summed E-state index contributed by atoms with van der Waals surface area (Å²) in [6, 6.07) is 29.3. The average Bonchev–Trinajstić information content (AvgIpc) is 3.00. The van der Waals surface area contributed by atoms with E-state index < -0.39 is 0 Å². The Morgan fingerprint density at radius 3 is 2.48 bits per heavy atom. The first-order valence-corrected chi connectivity index (χ1v) is 13.1. The fraction of sp³-hybridized carbons (Fsp3) is 0.212. The Balaban J connectivity index is 1.60. The SMILES string of the molecule is [C-]#[N+]c1cccc(COc2cc(OCc3cccc(-c4ccccc4)c3C)ccc2C(=NCCO)NCCO)c1. The molecule has 0 aliphatic heterocycles. The average molecular weight is 536 g/mol. The van der Waals surface area contributed by atoms with Crippen molar-refractivity contribution >= 4 is 11.5 Å². The Hall–Kier alpha value is -4.64. The number of ether oxygens (including phenoxy) is 2. The predicted molar refractivity (Wildman–Crippen MR) is 158 cm³/mol. The van der Waals surface area contributed by atoms with Crippen LogP contribution in [0.1, 0.15) is 22.3 Å². The lowest BCUT2D eigenvalue weighted by atomic mass is 9.97. The Kier molecular flexibility index (Phi) is 10.3. The summed E-state index contributed by atoms with van der Waals surface area (Å²) in [5, 5.41) is 21.8. The van der Waals surface area contributed by atoms with Crippen LogP contribution >= 0.6 is 0 Å². The van der Waals surface area contributed by atoms with Crippen molar-refractivity contribution < 1.29 is 19.7 Å². The van der Waals surface area contributed by atoms with Crippen molar-refractivity contribution in [2.45, 2.75) is 20.1 Å². The molecular weight excluding hydrogens is 502 g/mol. The molecule has 204 valence electrons. The van der Waals surface area contributed by atoms with Crippen molar-refractivity contribution in [2.75, 3.05) is 26.3 Å². The van der Waals surface area contributed by atoms with E-state index in [0.29, 0.717) is 41.7 Å². The Morgan fingerprint density at radius 1 is 0.875 bits per heavy atom. The summed E-state index contributed by atoms with van der Waals surface area (Å²) in [7, 11) is 0. The van der Waals surface area contributed by atoms with Gasteiger partial charge >= 0.3 is 0 Å². The molecule has 4 aromatic carbocycles. The molecule has 7 nitrogen and oxygen atoms in total. The summed E-state index contributed by atoms with van der Waals surface area (Å²) in [6.45, 7) is 10.3. The molecule has 0 unspecified atom stereocenters. The van der Waals surface area contributed by atoms with Gasteiger partial charge in [0, 0.05) is 12.6 Å². The number of benzene rings is 4. The van der Waals surface area contributed by atoms with Gasteiger partial charge in [-0.15, -0.1) is 0 Å². The van der Waals surface area contributed by atoms with Crippen LogP contribution in [0.2, 0.25) is 0 Å². The summed E-state index contributed by atoms with van der Waals surface area (Å²) < 4.78 is 12.5. The molecule has 0 bridgehead atoms. The molecule has 4 aromatic rings. The van der Waals surface area contributed by atoms with Crippen LogP contribution in [0.25, 0.3) is 16.0 Å². The highest BCUT2D eigenvalue weighted by molar-refractivity contribution is 6.01. The Labute approximate surface area is 235 Å². The van der Waals surface area contributed by atoms with E-state index in [-0.39, 0.29) is 26.4 Å². The Morgan fingerprint density at radius 2 is 1.70 bits per heavy atom. The summed E-state index contributed by atoms with van der Waals surface area (Å²) in [5.74, 6) is 1.66. The van der Waals surface area contributed by atoms with E-state index in [9.17, 15) is 10.2 Å². The van der Waals surface area contributed by atoms with Crippen LogP contribution in [0.15, 0.2) is 96.0 Å². The maximum Gasteiger partial charge on any atom is 0.187 e. The van der Waals surface area contributed by atoms with Gasteiger partial charge in [0.25, 0.3) is 0 Å². The second-order valence-corrected chi connectivity index (χ2v) is 9.08. The standard InChI is InChI=1S/C33H33N3O4/c1-24-27(11-7-13-30(24)26-9-4-3-5-10-26)23-39-29-14-15-31(33(35-16-18-37)36-17-19-38)32(21-29)40-22-25-8-6-12-28(20-25)34-2/h3-15,20-21,37-38H,16-19,22-23H2,1H3,(H,35,36). The van der Waals surface area contributed by atoms with E-state index in [1.807, 2.05) is 54.6 Å². The molecule has 0 spiro atoms. The Bertz CT molecular complexity index is 1480. The molecule has 0 aliphatic carbocycles. The zero-order valence-corrected chi connectivity index (χ0v) is 22.5. The van der Waals surface area contributed by atoms with Crippen molar-refractivity contribution in [1.29, 1.82) is 0 Å². The van der Waals surface area contributed by atoms with Gasteiger partial charge in [-0.1, -0.05) is 66.7 Å². The maximum atomic E-state index is 9.35. The van der Waals surface area contributed by atoms with Crippen molar-refractivity contribution in [1.82, 2.24) is 5.32 Å². The van der Waals surface area contributed by atoms with Crippen LogP contribution in [0.5, 0.6) is 11.5 Å². The monoisotopic (exact) mass is 535 g/mol. The number of aliphatic hydroxyl groups excluding tert-OH is 2. The van der Waals surface area contributed by atoms with Crippen LogP contribution in [-0.2, 0) is 13.2 Å². The highest BCUT2D eigenvalue weighted by atomic mass is 16.5. The number of rotatable bonds is 12. The van der Waals surface area contributed by atoms with E-state index in [1.54, 1.807) is 12.1 Å². The first-order valence-electron chi connectivity index (χ1n) is 13.1. The van der Waals surface area contributed by atoms with Gasteiger partial charge in [0.05, 0.1) is 31.9 Å². The van der Waals surface area contributed by atoms with Crippen molar-refractivity contribution in [3.05, 3.63) is 125 Å². The lowest BCUT2D eigenvalue weighted by molar-refractivity contribution is 0.288. The normalized spacial score (nSPS) is 11.1. The first-order chi connectivity index (χ1) is 19.6. The van der Waals surface area contributed by atoms with E-state index in [2.05, 4.69) is 46.3 Å². The third-order valence-electron chi connectivity index (χ3n) is 6.34. The lowest BCUT2D eigenvalue weighted by Crippen LogP contribution is -2.28. The number of nitrogens with one attached hydrogen (secondary N) is 1. The fourth-order valence-corrected chi connectivity index (χ4v) is 4.29. The molecule has 0 fully saturated rings. The lowest BCUT2D eigenvalue weighted by Gasteiger charge is -2.17. The largest absolute Gasteiger partial charge is 0.489 e. The second kappa shape index (κ2) is 14.5. The molecule has 0 saturated carbocycles. The zero-order valence-electron chi connectivity index (χ0n) is 22.5. The van der Waals surface area contributed by atoms with Crippen LogP contribution in [0.4, 0.5) is 5.69 Å². The third-order valence-corrected chi connectivity index (χ3v) is 6.34. The van der Waals surface area contributed by atoms with Gasteiger partial charge in [-0.2, -0.15) is 0 Å². The first kappa shape index (κ1) is 28.4. The van der Waals surface area contributed by atoms with Crippen molar-refractivity contribution in [3.63, 3.8) is 0 Å². The molecule has 40 heavy (non-hydrogen) atoms. The minimum absolute atomic E-state index is 0.0691. The van der Waals surface area contributed by atoms with Gasteiger partial charge in [-0.05, 0) is 52.9 Å².